The second kappa shape index (κ2) is 5.43. The van der Waals surface area contributed by atoms with E-state index in [4.69, 9.17) is 5.73 Å². The van der Waals surface area contributed by atoms with E-state index in [2.05, 4.69) is 4.90 Å². The number of aryl methyl sites for hydroxylation is 1. The lowest BCUT2D eigenvalue weighted by Crippen LogP contribution is -2.44. The maximum atomic E-state index is 12.2. The van der Waals surface area contributed by atoms with Crippen molar-refractivity contribution in [2.24, 2.45) is 5.73 Å². The highest BCUT2D eigenvalue weighted by molar-refractivity contribution is 5.98. The molecule has 0 aliphatic carbocycles. The van der Waals surface area contributed by atoms with Gasteiger partial charge < -0.3 is 5.73 Å². The van der Waals surface area contributed by atoms with Gasteiger partial charge in [0.2, 0.25) is 0 Å². The lowest BCUT2D eigenvalue weighted by atomic mass is 10.0. The first-order valence-corrected chi connectivity index (χ1v) is 6.23. The van der Waals surface area contributed by atoms with Crippen LogP contribution in [0.3, 0.4) is 0 Å². The van der Waals surface area contributed by atoms with Crippen molar-refractivity contribution in [2.45, 2.75) is 25.8 Å². The van der Waals surface area contributed by atoms with Gasteiger partial charge in [0.25, 0.3) is 0 Å². The van der Waals surface area contributed by atoms with Gasteiger partial charge in [-0.3, -0.25) is 9.69 Å². The highest BCUT2D eigenvalue weighted by atomic mass is 16.1. The molecular weight excluding hydrogens is 212 g/mol. The molecule has 0 radical (unpaired) electrons. The fraction of sp³-hybridized carbons (Fsp3) is 0.500. The summed E-state index contributed by atoms with van der Waals surface area (Å²) in [6, 6.07) is 8.00. The third-order valence-electron chi connectivity index (χ3n) is 3.35. The lowest BCUT2D eigenvalue weighted by molar-refractivity contribution is 0.0907. The second-order valence-corrected chi connectivity index (χ2v) is 4.88. The number of likely N-dealkylation sites (tertiary alicyclic amines) is 1. The predicted octanol–water partition coefficient (Wildman–Crippen LogP) is 1.60. The van der Waals surface area contributed by atoms with E-state index < -0.39 is 0 Å². The fourth-order valence-corrected chi connectivity index (χ4v) is 2.41. The summed E-state index contributed by atoms with van der Waals surface area (Å²) >= 11 is 0. The normalized spacial score (nSPS) is 21.4. The van der Waals surface area contributed by atoms with E-state index >= 15 is 0 Å². The first kappa shape index (κ1) is 12.3. The molecule has 0 saturated carbocycles. The molecule has 1 heterocycles. The molecule has 3 nitrogen and oxygen atoms in total. The van der Waals surface area contributed by atoms with Gasteiger partial charge in [0.15, 0.2) is 5.78 Å². The number of Topliss-reactive ketones (excluding diaryl/α,β-unsaturated/α-hetero) is 1. The monoisotopic (exact) mass is 232 g/mol. The molecule has 1 atom stereocenters. The molecule has 1 fully saturated rings. The van der Waals surface area contributed by atoms with E-state index in [9.17, 15) is 4.79 Å². The van der Waals surface area contributed by atoms with Crippen LogP contribution in [0.15, 0.2) is 24.3 Å². The summed E-state index contributed by atoms with van der Waals surface area (Å²) in [5.41, 5.74) is 7.81. The van der Waals surface area contributed by atoms with Crippen molar-refractivity contribution in [1.82, 2.24) is 4.90 Å². The molecule has 2 rings (SSSR count). The van der Waals surface area contributed by atoms with Crippen LogP contribution in [-0.4, -0.2) is 36.4 Å². The summed E-state index contributed by atoms with van der Waals surface area (Å²) < 4.78 is 0. The summed E-state index contributed by atoms with van der Waals surface area (Å²) in [5, 5.41) is 0. The summed E-state index contributed by atoms with van der Waals surface area (Å²) in [7, 11) is 0. The number of piperidine rings is 1. The van der Waals surface area contributed by atoms with E-state index in [0.717, 1.165) is 37.1 Å². The number of nitrogens with zero attached hydrogens (tertiary/aromatic N) is 1. The summed E-state index contributed by atoms with van der Waals surface area (Å²) in [5.74, 6) is 0.206. The standard InChI is InChI=1S/C14H20N2O/c1-11-5-2-3-7-13(11)14(17)10-16-8-4-6-12(15)9-16/h2-3,5,7,12H,4,6,8-10,15H2,1H3. The molecule has 1 aromatic rings. The van der Waals surface area contributed by atoms with Crippen LogP contribution in [0.4, 0.5) is 0 Å². The zero-order valence-electron chi connectivity index (χ0n) is 10.4. The maximum Gasteiger partial charge on any atom is 0.177 e. The molecule has 1 aromatic carbocycles. The Labute approximate surface area is 103 Å². The van der Waals surface area contributed by atoms with E-state index in [-0.39, 0.29) is 11.8 Å². The molecule has 17 heavy (non-hydrogen) atoms. The molecule has 1 saturated heterocycles. The number of nitrogens with two attached hydrogens (primary N) is 1. The van der Waals surface area contributed by atoms with Crippen LogP contribution in [0.5, 0.6) is 0 Å². The molecule has 1 aliphatic rings. The zero-order valence-corrected chi connectivity index (χ0v) is 10.4. The SMILES string of the molecule is Cc1ccccc1C(=O)CN1CCCC(N)C1. The first-order chi connectivity index (χ1) is 8.16. The van der Waals surface area contributed by atoms with Crippen LogP contribution in [-0.2, 0) is 0 Å². The van der Waals surface area contributed by atoms with Crippen LogP contribution in [0.25, 0.3) is 0 Å². The van der Waals surface area contributed by atoms with Crippen LogP contribution < -0.4 is 5.73 Å². The van der Waals surface area contributed by atoms with Gasteiger partial charge in [-0.25, -0.2) is 0 Å². The van der Waals surface area contributed by atoms with Crippen LogP contribution in [0.1, 0.15) is 28.8 Å². The van der Waals surface area contributed by atoms with Crippen molar-refractivity contribution in [3.8, 4) is 0 Å². The quantitative estimate of drug-likeness (QED) is 0.805. The first-order valence-electron chi connectivity index (χ1n) is 6.23. The van der Waals surface area contributed by atoms with E-state index in [1.807, 2.05) is 31.2 Å². The zero-order chi connectivity index (χ0) is 12.3. The summed E-state index contributed by atoms with van der Waals surface area (Å²) in [6.07, 6.45) is 2.18. The Morgan fingerprint density at radius 3 is 2.94 bits per heavy atom. The van der Waals surface area contributed by atoms with Gasteiger partial charge in [0.05, 0.1) is 6.54 Å². The molecule has 3 heteroatoms. The molecule has 1 unspecified atom stereocenters. The van der Waals surface area contributed by atoms with Gasteiger partial charge in [-0.1, -0.05) is 24.3 Å². The number of benzene rings is 1. The van der Waals surface area contributed by atoms with Crippen molar-refractivity contribution in [3.05, 3.63) is 35.4 Å². The highest BCUT2D eigenvalue weighted by Gasteiger charge is 2.19. The molecule has 0 amide bonds. The minimum Gasteiger partial charge on any atom is -0.327 e. The van der Waals surface area contributed by atoms with Crippen LogP contribution in [0.2, 0.25) is 0 Å². The van der Waals surface area contributed by atoms with Crippen molar-refractivity contribution < 1.29 is 4.79 Å². The highest BCUT2D eigenvalue weighted by Crippen LogP contribution is 2.12. The molecule has 2 N–H and O–H groups in total. The second-order valence-electron chi connectivity index (χ2n) is 4.88. The molecule has 0 spiro atoms. The van der Waals surface area contributed by atoms with Gasteiger partial charge in [0, 0.05) is 18.2 Å². The Balaban J connectivity index is 1.99. The van der Waals surface area contributed by atoms with Gasteiger partial charge in [-0.2, -0.15) is 0 Å². The van der Waals surface area contributed by atoms with Gasteiger partial charge in [-0.05, 0) is 31.9 Å². The Hall–Kier alpha value is -1.19. The number of hydrogen-bond acceptors (Lipinski definition) is 3. The summed E-state index contributed by atoms with van der Waals surface area (Å²) in [6.45, 7) is 4.32. The third-order valence-corrected chi connectivity index (χ3v) is 3.35. The maximum absolute atomic E-state index is 12.2. The van der Waals surface area contributed by atoms with Gasteiger partial charge >= 0.3 is 0 Å². The number of carbonyl (C=O) groups is 1. The number of ketones is 1. The van der Waals surface area contributed by atoms with Crippen LogP contribution >= 0.6 is 0 Å². The van der Waals surface area contributed by atoms with Crippen LogP contribution in [0, 0.1) is 6.92 Å². The van der Waals surface area contributed by atoms with E-state index in [1.165, 1.54) is 0 Å². The average Bonchev–Trinajstić information content (AvgIpc) is 2.29. The molecule has 0 bridgehead atoms. The number of rotatable bonds is 3. The number of hydrogen-bond donors (Lipinski definition) is 1. The Kier molecular flexibility index (Phi) is 3.92. The fourth-order valence-electron chi connectivity index (χ4n) is 2.41. The number of carbonyl (C=O) groups excluding carboxylic acids is 1. The van der Waals surface area contributed by atoms with Crippen molar-refractivity contribution >= 4 is 5.78 Å². The lowest BCUT2D eigenvalue weighted by Gasteiger charge is -2.30. The van der Waals surface area contributed by atoms with E-state index in [0.29, 0.717) is 6.54 Å². The Morgan fingerprint density at radius 2 is 2.24 bits per heavy atom. The van der Waals surface area contributed by atoms with Crippen molar-refractivity contribution in [3.63, 3.8) is 0 Å². The molecule has 0 aromatic heterocycles. The third kappa shape index (κ3) is 3.14. The van der Waals surface area contributed by atoms with E-state index in [1.54, 1.807) is 0 Å². The molecule has 92 valence electrons. The minimum atomic E-state index is 0.206. The smallest absolute Gasteiger partial charge is 0.177 e. The van der Waals surface area contributed by atoms with Gasteiger partial charge in [0.1, 0.15) is 0 Å². The summed E-state index contributed by atoms with van der Waals surface area (Å²) in [4.78, 5) is 14.3. The largest absolute Gasteiger partial charge is 0.327 e. The minimum absolute atomic E-state index is 0.206. The molecule has 1 aliphatic heterocycles. The Morgan fingerprint density at radius 1 is 1.47 bits per heavy atom. The van der Waals surface area contributed by atoms with Gasteiger partial charge in [-0.15, -0.1) is 0 Å². The van der Waals surface area contributed by atoms with Crippen molar-refractivity contribution in [1.29, 1.82) is 0 Å². The molecular formula is C14H20N2O. The topological polar surface area (TPSA) is 46.3 Å². The Bertz CT molecular complexity index is 403. The van der Waals surface area contributed by atoms with Crippen molar-refractivity contribution in [2.75, 3.05) is 19.6 Å². The predicted molar refractivity (Wildman–Crippen MR) is 69.2 cm³/mol. The average molecular weight is 232 g/mol.